The van der Waals surface area contributed by atoms with Crippen LogP contribution < -0.4 is 18.9 Å². The van der Waals surface area contributed by atoms with Crippen molar-refractivity contribution in [1.29, 1.82) is 0 Å². The van der Waals surface area contributed by atoms with Crippen molar-refractivity contribution in [2.24, 2.45) is 0 Å². The Hall–Kier alpha value is -6.28. The van der Waals surface area contributed by atoms with Gasteiger partial charge in [-0.05, 0) is 62.7 Å². The molecule has 0 fully saturated rings. The largest absolute Gasteiger partial charge is 0.490 e. The molecule has 0 N–H and O–H groups in total. The van der Waals surface area contributed by atoms with Crippen molar-refractivity contribution in [2.75, 3.05) is 26.4 Å². The number of rotatable bonds is 19. The average Bonchev–Trinajstić information content (AvgIpc) is 3.20. The van der Waals surface area contributed by atoms with Crippen molar-refractivity contribution in [3.05, 3.63) is 181 Å². The predicted octanol–water partition coefficient (Wildman–Crippen LogP) is 8.93. The van der Waals surface area contributed by atoms with Crippen LogP contribution in [-0.4, -0.2) is 50.6 Å². The molecule has 0 aliphatic carbocycles. The first-order valence-corrected chi connectivity index (χ1v) is 17.7. The summed E-state index contributed by atoms with van der Waals surface area (Å²) in [7, 11) is 0. The molecule has 5 aromatic carbocycles. The Balaban J connectivity index is 1.45. The van der Waals surface area contributed by atoms with Crippen molar-refractivity contribution in [1.82, 2.24) is 0 Å². The van der Waals surface area contributed by atoms with Crippen LogP contribution in [0.4, 0.5) is 0 Å². The Morgan fingerprint density at radius 2 is 0.833 bits per heavy atom. The third-order valence-corrected chi connectivity index (χ3v) is 8.65. The summed E-state index contributed by atoms with van der Waals surface area (Å²) in [6.45, 7) is 13.0. The SMILES string of the molecule is C=C(C)C(=O)OC(COc1ccccc1)COc1ccccc1C(C)(c1ccccc1)c1ccccc1OCC(COc1ccccc1)OC(=O)C(=C)C. The van der Waals surface area contributed by atoms with E-state index in [0.717, 1.165) is 16.7 Å². The zero-order chi connectivity index (χ0) is 38.3. The van der Waals surface area contributed by atoms with Gasteiger partial charge in [0, 0.05) is 27.7 Å². The topological polar surface area (TPSA) is 89.5 Å². The van der Waals surface area contributed by atoms with Gasteiger partial charge in [-0.3, -0.25) is 0 Å². The van der Waals surface area contributed by atoms with E-state index in [1.807, 2.05) is 127 Å². The van der Waals surface area contributed by atoms with E-state index >= 15 is 0 Å². The molecule has 278 valence electrons. The van der Waals surface area contributed by atoms with Crippen molar-refractivity contribution >= 4 is 11.9 Å². The molecular formula is C46H46O8. The average molecular weight is 727 g/mol. The number of ether oxygens (including phenoxy) is 6. The monoisotopic (exact) mass is 726 g/mol. The maximum absolute atomic E-state index is 12.6. The van der Waals surface area contributed by atoms with Crippen LogP contribution in [0, 0.1) is 0 Å². The predicted molar refractivity (Wildman–Crippen MR) is 209 cm³/mol. The number of carbonyl (C=O) groups is 2. The van der Waals surface area contributed by atoms with E-state index in [2.05, 4.69) is 32.2 Å². The van der Waals surface area contributed by atoms with Gasteiger partial charge in [0.05, 0.1) is 0 Å². The summed E-state index contributed by atoms with van der Waals surface area (Å²) in [6, 6.07) is 44.2. The molecule has 54 heavy (non-hydrogen) atoms. The van der Waals surface area contributed by atoms with Gasteiger partial charge < -0.3 is 28.4 Å². The van der Waals surface area contributed by atoms with Crippen molar-refractivity contribution < 1.29 is 38.0 Å². The Kier molecular flexibility index (Phi) is 13.7. The molecular weight excluding hydrogens is 680 g/mol. The van der Waals surface area contributed by atoms with Crippen LogP contribution in [0.1, 0.15) is 37.5 Å². The highest BCUT2D eigenvalue weighted by Crippen LogP contribution is 2.46. The zero-order valence-corrected chi connectivity index (χ0v) is 30.9. The van der Waals surface area contributed by atoms with Crippen LogP contribution >= 0.6 is 0 Å². The van der Waals surface area contributed by atoms with Gasteiger partial charge in [0.2, 0.25) is 0 Å². The number of hydrogen-bond donors (Lipinski definition) is 0. The highest BCUT2D eigenvalue weighted by Gasteiger charge is 2.37. The molecule has 0 saturated heterocycles. The number of carbonyl (C=O) groups excluding carboxylic acids is 2. The Bertz CT molecular complexity index is 1870. The lowest BCUT2D eigenvalue weighted by molar-refractivity contribution is -0.148. The van der Waals surface area contributed by atoms with Crippen LogP contribution in [-0.2, 0) is 24.5 Å². The van der Waals surface area contributed by atoms with Gasteiger partial charge >= 0.3 is 11.9 Å². The summed E-state index contributed by atoms with van der Waals surface area (Å²) in [5.74, 6) is 1.39. The molecule has 0 radical (unpaired) electrons. The first kappa shape index (κ1) is 38.9. The van der Waals surface area contributed by atoms with Gasteiger partial charge in [0.15, 0.2) is 12.2 Å². The number of para-hydroxylation sites is 4. The molecule has 2 atom stereocenters. The van der Waals surface area contributed by atoms with Crippen LogP contribution in [0.25, 0.3) is 0 Å². The molecule has 0 aliphatic heterocycles. The summed E-state index contributed by atoms with van der Waals surface area (Å²) < 4.78 is 36.5. The highest BCUT2D eigenvalue weighted by molar-refractivity contribution is 5.87. The molecule has 8 nitrogen and oxygen atoms in total. The Morgan fingerprint density at radius 1 is 0.500 bits per heavy atom. The molecule has 8 heteroatoms. The van der Waals surface area contributed by atoms with E-state index in [-0.39, 0.29) is 37.6 Å². The van der Waals surface area contributed by atoms with Crippen molar-refractivity contribution in [3.63, 3.8) is 0 Å². The van der Waals surface area contributed by atoms with Gasteiger partial charge in [-0.25, -0.2) is 9.59 Å². The van der Waals surface area contributed by atoms with E-state index in [1.54, 1.807) is 13.8 Å². The smallest absolute Gasteiger partial charge is 0.333 e. The summed E-state index contributed by atoms with van der Waals surface area (Å²) in [6.07, 6.45) is -1.48. The normalized spacial score (nSPS) is 12.9. The number of benzene rings is 5. The number of esters is 2. The summed E-state index contributed by atoms with van der Waals surface area (Å²) in [4.78, 5) is 25.3. The second-order valence-electron chi connectivity index (χ2n) is 13.0. The van der Waals surface area contributed by atoms with E-state index in [4.69, 9.17) is 28.4 Å². The molecule has 0 bridgehead atoms. The van der Waals surface area contributed by atoms with Gasteiger partial charge in [-0.2, -0.15) is 0 Å². The number of hydrogen-bond acceptors (Lipinski definition) is 8. The minimum absolute atomic E-state index is 0.0169. The lowest BCUT2D eigenvalue weighted by Crippen LogP contribution is -2.33. The fourth-order valence-corrected chi connectivity index (χ4v) is 5.75. The summed E-state index contributed by atoms with van der Waals surface area (Å²) >= 11 is 0. The summed E-state index contributed by atoms with van der Waals surface area (Å²) in [5, 5.41) is 0. The quantitative estimate of drug-likeness (QED) is 0.0474. The Labute approximate surface area is 317 Å². The minimum Gasteiger partial charge on any atom is -0.490 e. The van der Waals surface area contributed by atoms with Crippen LogP contribution in [0.15, 0.2) is 164 Å². The second-order valence-corrected chi connectivity index (χ2v) is 13.0. The molecule has 5 aromatic rings. The first-order valence-electron chi connectivity index (χ1n) is 17.7. The van der Waals surface area contributed by atoms with E-state index in [0.29, 0.717) is 23.0 Å². The van der Waals surface area contributed by atoms with E-state index in [9.17, 15) is 9.59 Å². The molecule has 0 heterocycles. The van der Waals surface area contributed by atoms with E-state index < -0.39 is 29.6 Å². The summed E-state index contributed by atoms with van der Waals surface area (Å²) in [5.41, 5.74) is 2.40. The van der Waals surface area contributed by atoms with Crippen LogP contribution in [0.3, 0.4) is 0 Å². The fraction of sp³-hybridized carbons (Fsp3) is 0.217. The maximum atomic E-state index is 12.6. The Morgan fingerprint density at radius 3 is 1.22 bits per heavy atom. The maximum Gasteiger partial charge on any atom is 0.333 e. The van der Waals surface area contributed by atoms with Crippen molar-refractivity contribution in [3.8, 4) is 23.0 Å². The lowest BCUT2D eigenvalue weighted by Gasteiger charge is -2.35. The first-order chi connectivity index (χ1) is 26.1. The minimum atomic E-state index is -0.816. The highest BCUT2D eigenvalue weighted by atomic mass is 16.6. The second kappa shape index (κ2) is 19.0. The molecule has 0 aliphatic rings. The lowest BCUT2D eigenvalue weighted by atomic mass is 9.70. The molecule has 0 aromatic heterocycles. The fourth-order valence-electron chi connectivity index (χ4n) is 5.75. The van der Waals surface area contributed by atoms with Crippen LogP contribution in [0.5, 0.6) is 23.0 Å². The molecule has 0 amide bonds. The van der Waals surface area contributed by atoms with Gasteiger partial charge in [-0.1, -0.05) is 116 Å². The molecule has 5 rings (SSSR count). The van der Waals surface area contributed by atoms with Crippen molar-refractivity contribution in [2.45, 2.75) is 38.4 Å². The van der Waals surface area contributed by atoms with Gasteiger partial charge in [-0.15, -0.1) is 0 Å². The molecule has 0 saturated carbocycles. The molecule has 0 spiro atoms. The molecule has 2 unspecified atom stereocenters. The van der Waals surface area contributed by atoms with Crippen LogP contribution in [0.2, 0.25) is 0 Å². The third-order valence-electron chi connectivity index (χ3n) is 8.65. The third kappa shape index (κ3) is 10.4. The van der Waals surface area contributed by atoms with Gasteiger partial charge in [0.25, 0.3) is 0 Å². The van der Waals surface area contributed by atoms with E-state index in [1.165, 1.54) is 0 Å². The zero-order valence-electron chi connectivity index (χ0n) is 30.9. The van der Waals surface area contributed by atoms with Gasteiger partial charge in [0.1, 0.15) is 49.4 Å². The standard InChI is InChI=1S/C46H46O8/c1-33(2)44(47)53-38(29-49-36-21-11-7-12-22-36)31-51-42-27-17-15-25-40(42)46(5,35-19-9-6-10-20-35)41-26-16-18-28-43(41)52-32-39(54-45(48)34(3)4)30-50-37-23-13-8-14-24-37/h6-28,38-39H,1,3,29-32H2,2,4-5H3.